The van der Waals surface area contributed by atoms with Gasteiger partial charge in [-0.15, -0.1) is 0 Å². The first-order valence-electron chi connectivity index (χ1n) is 4.32. The third-order valence-corrected chi connectivity index (χ3v) is 2.07. The highest BCUT2D eigenvalue weighted by Crippen LogP contribution is 2.11. The minimum absolute atomic E-state index is 0.153. The van der Waals surface area contributed by atoms with Crippen molar-refractivity contribution < 1.29 is 14.7 Å². The van der Waals surface area contributed by atoms with E-state index in [1.54, 1.807) is 4.90 Å². The predicted octanol–water partition coefficient (Wildman–Crippen LogP) is 0.640. The van der Waals surface area contributed by atoms with Crippen molar-refractivity contribution in [3.63, 3.8) is 0 Å². The van der Waals surface area contributed by atoms with Gasteiger partial charge in [-0.25, -0.2) is 4.79 Å². The van der Waals surface area contributed by atoms with Crippen LogP contribution < -0.4 is 0 Å². The van der Waals surface area contributed by atoms with Crippen LogP contribution in [0.25, 0.3) is 0 Å². The zero-order valence-corrected chi connectivity index (χ0v) is 7.62. The van der Waals surface area contributed by atoms with E-state index in [0.717, 1.165) is 32.0 Å². The van der Waals surface area contributed by atoms with Gasteiger partial charge in [-0.05, 0) is 19.8 Å². The molecule has 0 unspecified atom stereocenters. The van der Waals surface area contributed by atoms with Gasteiger partial charge in [0.15, 0.2) is 0 Å². The van der Waals surface area contributed by atoms with Gasteiger partial charge in [-0.1, -0.05) is 0 Å². The van der Waals surface area contributed by atoms with Gasteiger partial charge < -0.3 is 10.0 Å². The Morgan fingerprint density at radius 3 is 2.31 bits per heavy atom. The molecule has 1 N–H and O–H groups in total. The van der Waals surface area contributed by atoms with Crippen molar-refractivity contribution in [1.29, 1.82) is 0 Å². The van der Waals surface area contributed by atoms with E-state index in [2.05, 4.69) is 0 Å². The van der Waals surface area contributed by atoms with E-state index in [-0.39, 0.29) is 5.91 Å². The Hall–Kier alpha value is -1.32. The Kier molecular flexibility index (Phi) is 3.06. The summed E-state index contributed by atoms with van der Waals surface area (Å²) in [6, 6.07) is 0. The fourth-order valence-electron chi connectivity index (χ4n) is 1.42. The monoisotopic (exact) mass is 183 g/mol. The smallest absolute Gasteiger partial charge is 0.328 e. The molecular weight excluding hydrogens is 170 g/mol. The van der Waals surface area contributed by atoms with Crippen LogP contribution in [-0.4, -0.2) is 35.0 Å². The normalized spacial score (nSPS) is 17.6. The standard InChI is InChI=1S/C9H13NO3/c1-7(6-8(11)12)9(13)10-4-2-3-5-10/h6H,2-5H2,1H3,(H,11,12)/b7-6-. The summed E-state index contributed by atoms with van der Waals surface area (Å²) in [6.45, 7) is 3.04. The van der Waals surface area contributed by atoms with Crippen LogP contribution in [0.3, 0.4) is 0 Å². The molecule has 1 heterocycles. The molecule has 1 saturated heterocycles. The number of carboxylic acid groups (broad SMARTS) is 1. The van der Waals surface area contributed by atoms with E-state index < -0.39 is 5.97 Å². The molecular formula is C9H13NO3. The van der Waals surface area contributed by atoms with Crippen molar-refractivity contribution in [3.8, 4) is 0 Å². The van der Waals surface area contributed by atoms with Crippen LogP contribution in [0.4, 0.5) is 0 Å². The second-order valence-corrected chi connectivity index (χ2v) is 3.16. The summed E-state index contributed by atoms with van der Waals surface area (Å²) in [7, 11) is 0. The number of rotatable bonds is 2. The van der Waals surface area contributed by atoms with Gasteiger partial charge in [0.25, 0.3) is 0 Å². The number of carbonyl (C=O) groups is 2. The highest BCUT2D eigenvalue weighted by Gasteiger charge is 2.19. The third kappa shape index (κ3) is 2.57. The van der Waals surface area contributed by atoms with Crippen molar-refractivity contribution in [2.45, 2.75) is 19.8 Å². The SMILES string of the molecule is C/C(=C/C(=O)O)C(=O)N1CCCC1. The Labute approximate surface area is 76.8 Å². The van der Waals surface area contributed by atoms with E-state index in [0.29, 0.717) is 5.57 Å². The second-order valence-electron chi connectivity index (χ2n) is 3.16. The summed E-state index contributed by atoms with van der Waals surface area (Å²) in [5.74, 6) is -1.22. The number of carbonyl (C=O) groups excluding carboxylic acids is 1. The molecule has 0 aromatic rings. The average Bonchev–Trinajstić information content (AvgIpc) is 2.53. The second kappa shape index (κ2) is 4.07. The lowest BCUT2D eigenvalue weighted by atomic mass is 10.2. The number of carboxylic acids is 1. The summed E-state index contributed by atoms with van der Waals surface area (Å²) in [4.78, 5) is 23.4. The van der Waals surface area contributed by atoms with Crippen LogP contribution >= 0.6 is 0 Å². The minimum atomic E-state index is -1.06. The van der Waals surface area contributed by atoms with Crippen LogP contribution in [0, 0.1) is 0 Å². The van der Waals surface area contributed by atoms with Crippen molar-refractivity contribution in [1.82, 2.24) is 4.90 Å². The van der Waals surface area contributed by atoms with Gasteiger partial charge >= 0.3 is 5.97 Å². The summed E-state index contributed by atoms with van der Waals surface area (Å²) >= 11 is 0. The van der Waals surface area contributed by atoms with Crippen molar-refractivity contribution >= 4 is 11.9 Å². The molecule has 0 aromatic carbocycles. The van der Waals surface area contributed by atoms with E-state index in [4.69, 9.17) is 5.11 Å². The van der Waals surface area contributed by atoms with Gasteiger partial charge in [0.1, 0.15) is 0 Å². The maximum Gasteiger partial charge on any atom is 0.328 e. The predicted molar refractivity (Wildman–Crippen MR) is 47.2 cm³/mol. The molecule has 0 bridgehead atoms. The lowest BCUT2D eigenvalue weighted by molar-refractivity contribution is -0.132. The quantitative estimate of drug-likeness (QED) is 0.639. The van der Waals surface area contributed by atoms with Crippen LogP contribution in [0.2, 0.25) is 0 Å². The van der Waals surface area contributed by atoms with Crippen molar-refractivity contribution in [2.75, 3.05) is 13.1 Å². The summed E-state index contributed by atoms with van der Waals surface area (Å²) < 4.78 is 0. The Morgan fingerprint density at radius 2 is 1.85 bits per heavy atom. The third-order valence-electron chi connectivity index (χ3n) is 2.07. The number of nitrogens with zero attached hydrogens (tertiary/aromatic N) is 1. The van der Waals surface area contributed by atoms with Crippen molar-refractivity contribution in [2.24, 2.45) is 0 Å². The maximum absolute atomic E-state index is 11.5. The van der Waals surface area contributed by atoms with Crippen LogP contribution in [0.5, 0.6) is 0 Å². The molecule has 0 saturated carbocycles. The molecule has 4 heteroatoms. The molecule has 4 nitrogen and oxygen atoms in total. The molecule has 1 amide bonds. The minimum Gasteiger partial charge on any atom is -0.478 e. The van der Waals surface area contributed by atoms with Crippen molar-refractivity contribution in [3.05, 3.63) is 11.6 Å². The molecule has 1 aliphatic heterocycles. The fourth-order valence-corrected chi connectivity index (χ4v) is 1.42. The maximum atomic E-state index is 11.5. The lowest BCUT2D eigenvalue weighted by Gasteiger charge is -2.14. The largest absolute Gasteiger partial charge is 0.478 e. The molecule has 0 spiro atoms. The number of amides is 1. The van der Waals surface area contributed by atoms with Gasteiger partial charge in [0.2, 0.25) is 5.91 Å². The van der Waals surface area contributed by atoms with Gasteiger partial charge in [0, 0.05) is 24.7 Å². The first-order chi connectivity index (χ1) is 6.11. The summed E-state index contributed by atoms with van der Waals surface area (Å²) in [5, 5.41) is 8.43. The molecule has 0 radical (unpaired) electrons. The average molecular weight is 183 g/mol. The molecule has 1 aliphatic rings. The number of likely N-dealkylation sites (tertiary alicyclic amines) is 1. The van der Waals surface area contributed by atoms with Gasteiger partial charge in [-0.3, -0.25) is 4.79 Å². The molecule has 0 aromatic heterocycles. The van der Waals surface area contributed by atoms with Crippen LogP contribution in [0.15, 0.2) is 11.6 Å². The molecule has 0 atom stereocenters. The zero-order chi connectivity index (χ0) is 9.84. The van der Waals surface area contributed by atoms with Crippen LogP contribution in [-0.2, 0) is 9.59 Å². The summed E-state index contributed by atoms with van der Waals surface area (Å²) in [6.07, 6.45) is 3.00. The number of aliphatic carboxylic acids is 1. The molecule has 1 rings (SSSR count). The fraction of sp³-hybridized carbons (Fsp3) is 0.556. The molecule has 1 fully saturated rings. The Balaban J connectivity index is 2.60. The van der Waals surface area contributed by atoms with Gasteiger partial charge in [0.05, 0.1) is 0 Å². The van der Waals surface area contributed by atoms with Crippen LogP contribution in [0.1, 0.15) is 19.8 Å². The number of hydrogen-bond acceptors (Lipinski definition) is 2. The first-order valence-corrected chi connectivity index (χ1v) is 4.32. The Morgan fingerprint density at radius 1 is 1.31 bits per heavy atom. The number of hydrogen-bond donors (Lipinski definition) is 1. The van der Waals surface area contributed by atoms with E-state index in [1.807, 2.05) is 0 Å². The topological polar surface area (TPSA) is 57.6 Å². The summed E-state index contributed by atoms with van der Waals surface area (Å²) in [5.41, 5.74) is 0.300. The zero-order valence-electron chi connectivity index (χ0n) is 7.62. The molecule has 0 aliphatic carbocycles. The van der Waals surface area contributed by atoms with E-state index >= 15 is 0 Å². The van der Waals surface area contributed by atoms with Gasteiger partial charge in [-0.2, -0.15) is 0 Å². The lowest BCUT2D eigenvalue weighted by Crippen LogP contribution is -2.28. The molecule has 13 heavy (non-hydrogen) atoms. The Bertz CT molecular complexity index is 252. The first kappa shape index (κ1) is 9.77. The highest BCUT2D eigenvalue weighted by molar-refractivity contribution is 5.98. The highest BCUT2D eigenvalue weighted by atomic mass is 16.4. The molecule has 72 valence electrons. The van der Waals surface area contributed by atoms with E-state index in [9.17, 15) is 9.59 Å². The van der Waals surface area contributed by atoms with E-state index in [1.165, 1.54) is 6.92 Å².